The molecule has 0 aliphatic carbocycles. The first-order valence-corrected chi connectivity index (χ1v) is 10.7. The van der Waals surface area contributed by atoms with Crippen molar-refractivity contribution in [2.45, 2.75) is 29.5 Å². The van der Waals surface area contributed by atoms with Crippen LogP contribution in [0.4, 0.5) is 0 Å². The molecule has 136 valence electrons. The highest BCUT2D eigenvalue weighted by Gasteiger charge is 2.29. The van der Waals surface area contributed by atoms with Gasteiger partial charge < -0.3 is 9.84 Å². The number of likely N-dealkylation sites (tertiary alicyclic amines) is 1. The molecule has 1 aromatic carbocycles. The van der Waals surface area contributed by atoms with Gasteiger partial charge in [-0.3, -0.25) is 4.90 Å². The molecule has 3 rings (SSSR count). The van der Waals surface area contributed by atoms with Gasteiger partial charge in [0.25, 0.3) is 0 Å². The Labute approximate surface area is 151 Å². The molecule has 1 aliphatic rings. The average molecular weight is 383 g/mol. The Morgan fingerprint density at radius 2 is 2.24 bits per heavy atom. The van der Waals surface area contributed by atoms with Crippen LogP contribution in [0.2, 0.25) is 0 Å². The Morgan fingerprint density at radius 3 is 2.96 bits per heavy atom. The predicted octanol–water partition coefficient (Wildman–Crippen LogP) is 2.04. The van der Waals surface area contributed by atoms with Crippen molar-refractivity contribution in [3.63, 3.8) is 0 Å². The molecule has 1 aromatic heterocycles. The van der Waals surface area contributed by atoms with Crippen LogP contribution >= 0.6 is 11.5 Å². The summed E-state index contributed by atoms with van der Waals surface area (Å²) in [4.78, 5) is 2.20. The first-order chi connectivity index (χ1) is 11.9. The van der Waals surface area contributed by atoms with Crippen molar-refractivity contribution in [3.05, 3.63) is 29.5 Å². The zero-order chi connectivity index (χ0) is 18.0. The maximum atomic E-state index is 11.9. The number of benzene rings is 1. The lowest BCUT2D eigenvalue weighted by Crippen LogP contribution is -2.34. The summed E-state index contributed by atoms with van der Waals surface area (Å²) in [6, 6.07) is 5.44. The van der Waals surface area contributed by atoms with Gasteiger partial charge in [-0.15, -0.1) is 5.10 Å². The molecular weight excluding hydrogens is 362 g/mol. The molecule has 0 bridgehead atoms. The zero-order valence-electron chi connectivity index (χ0n) is 14.2. The maximum Gasteiger partial charge on any atom is 0.188 e. The monoisotopic (exact) mass is 383 g/mol. The molecule has 1 N–H and O–H groups in total. The Balaban J connectivity index is 1.78. The summed E-state index contributed by atoms with van der Waals surface area (Å²) in [5, 5.41) is 14.4. The van der Waals surface area contributed by atoms with E-state index in [1.807, 2.05) is 12.1 Å². The van der Waals surface area contributed by atoms with Gasteiger partial charge in [0.15, 0.2) is 25.5 Å². The molecule has 2 heterocycles. The molecule has 1 atom stereocenters. The first kappa shape index (κ1) is 18.1. The third kappa shape index (κ3) is 3.94. The van der Waals surface area contributed by atoms with E-state index in [4.69, 9.17) is 4.74 Å². The summed E-state index contributed by atoms with van der Waals surface area (Å²) >= 11 is 0.939. The van der Waals surface area contributed by atoms with Crippen molar-refractivity contribution in [2.24, 2.45) is 0 Å². The van der Waals surface area contributed by atoms with Gasteiger partial charge >= 0.3 is 0 Å². The number of aromatic hydroxyl groups is 1. The molecule has 0 spiro atoms. The number of rotatable bonds is 5. The number of phenolic OH excluding ortho intramolecular Hbond substituents is 1. The fourth-order valence-electron chi connectivity index (χ4n) is 3.22. The largest absolute Gasteiger partial charge is 0.504 e. The first-order valence-electron chi connectivity index (χ1n) is 7.99. The minimum absolute atomic E-state index is 0.0324. The minimum atomic E-state index is -3.31. The Hall–Kier alpha value is -1.71. The molecular formula is C16H21N3O4S2. The van der Waals surface area contributed by atoms with Crippen LogP contribution in [-0.4, -0.2) is 54.5 Å². The second-order valence-corrected chi connectivity index (χ2v) is 9.23. The number of hydrogen-bond donors (Lipinski definition) is 1. The van der Waals surface area contributed by atoms with E-state index >= 15 is 0 Å². The van der Waals surface area contributed by atoms with E-state index in [-0.39, 0.29) is 15.9 Å². The van der Waals surface area contributed by atoms with Crippen LogP contribution in [0.3, 0.4) is 0 Å². The number of sulfone groups is 1. The molecule has 0 amide bonds. The topological polar surface area (TPSA) is 92.6 Å². The van der Waals surface area contributed by atoms with Gasteiger partial charge in [-0.05, 0) is 25.5 Å². The number of piperidine rings is 1. The van der Waals surface area contributed by atoms with Crippen molar-refractivity contribution >= 4 is 21.4 Å². The van der Waals surface area contributed by atoms with Gasteiger partial charge in [0.2, 0.25) is 0 Å². The smallest absolute Gasteiger partial charge is 0.188 e. The number of nitrogens with zero attached hydrogens (tertiary/aromatic N) is 3. The number of aromatic nitrogens is 2. The van der Waals surface area contributed by atoms with E-state index in [2.05, 4.69) is 14.5 Å². The number of ether oxygens (including phenoxy) is 1. The summed E-state index contributed by atoms with van der Waals surface area (Å²) in [5.41, 5.74) is 1.37. The number of phenols is 1. The zero-order valence-corrected chi connectivity index (χ0v) is 15.8. The number of para-hydroxylation sites is 1. The third-order valence-electron chi connectivity index (χ3n) is 4.41. The lowest BCUT2D eigenvalue weighted by molar-refractivity contribution is 0.195. The van der Waals surface area contributed by atoms with Crippen LogP contribution in [0.15, 0.2) is 22.4 Å². The molecule has 25 heavy (non-hydrogen) atoms. The molecule has 1 aliphatic heterocycles. The van der Waals surface area contributed by atoms with Crippen molar-refractivity contribution in [3.8, 4) is 11.5 Å². The van der Waals surface area contributed by atoms with Crippen molar-refractivity contribution in [1.29, 1.82) is 0 Å². The highest BCUT2D eigenvalue weighted by Crippen LogP contribution is 2.34. The van der Waals surface area contributed by atoms with Gasteiger partial charge in [0.05, 0.1) is 12.8 Å². The SMILES string of the molecule is COc1cccc(CN2CCC[C@H](c3nnsc3S(C)(=O)=O)C2)c1O. The molecule has 0 radical (unpaired) electrons. The van der Waals surface area contributed by atoms with Crippen LogP contribution in [0.25, 0.3) is 0 Å². The van der Waals surface area contributed by atoms with Crippen molar-refractivity contribution < 1.29 is 18.3 Å². The second-order valence-electron chi connectivity index (χ2n) is 6.26. The summed E-state index contributed by atoms with van der Waals surface area (Å²) < 4.78 is 33.1. The standard InChI is InChI=1S/C16H21N3O4S2/c1-23-13-7-3-5-12(15(13)20)10-19-8-4-6-11(9-19)14-16(24-18-17-14)25(2,21)22/h3,5,7,11,20H,4,6,8-10H2,1-2H3/t11-/m0/s1. The summed E-state index contributed by atoms with van der Waals surface area (Å²) in [5.74, 6) is 0.637. The summed E-state index contributed by atoms with van der Waals surface area (Å²) in [6.45, 7) is 2.15. The molecule has 7 nitrogen and oxygen atoms in total. The molecule has 1 fully saturated rings. The van der Waals surface area contributed by atoms with E-state index in [9.17, 15) is 13.5 Å². The second kappa shape index (κ2) is 7.27. The van der Waals surface area contributed by atoms with Crippen LogP contribution in [0.5, 0.6) is 11.5 Å². The van der Waals surface area contributed by atoms with Gasteiger partial charge in [-0.2, -0.15) is 0 Å². The highest BCUT2D eigenvalue weighted by atomic mass is 32.2. The number of methoxy groups -OCH3 is 1. The van der Waals surface area contributed by atoms with Crippen LogP contribution in [0, 0.1) is 0 Å². The Bertz CT molecular complexity index is 851. The lowest BCUT2D eigenvalue weighted by atomic mass is 9.95. The Morgan fingerprint density at radius 1 is 1.44 bits per heavy atom. The van der Waals surface area contributed by atoms with Crippen molar-refractivity contribution in [1.82, 2.24) is 14.5 Å². The average Bonchev–Trinajstić information content (AvgIpc) is 3.07. The van der Waals surface area contributed by atoms with Crippen molar-refractivity contribution in [2.75, 3.05) is 26.5 Å². The molecule has 2 aromatic rings. The molecule has 0 saturated carbocycles. The highest BCUT2D eigenvalue weighted by molar-refractivity contribution is 7.92. The fraction of sp³-hybridized carbons (Fsp3) is 0.500. The van der Waals surface area contributed by atoms with Gasteiger partial charge in [-0.25, -0.2) is 8.42 Å². The fourth-order valence-corrected chi connectivity index (χ4v) is 4.95. The van der Waals surface area contributed by atoms with E-state index in [1.54, 1.807) is 6.07 Å². The van der Waals surface area contributed by atoms with E-state index in [0.29, 0.717) is 24.5 Å². The Kier molecular flexibility index (Phi) is 5.26. The van der Waals surface area contributed by atoms with Gasteiger partial charge in [0.1, 0.15) is 0 Å². The normalized spacial score (nSPS) is 19.0. The van der Waals surface area contributed by atoms with E-state index in [1.165, 1.54) is 13.4 Å². The van der Waals surface area contributed by atoms with Crippen LogP contribution in [0.1, 0.15) is 30.0 Å². The van der Waals surface area contributed by atoms with Crippen LogP contribution in [-0.2, 0) is 16.4 Å². The van der Waals surface area contributed by atoms with Gasteiger partial charge in [0, 0.05) is 42.4 Å². The maximum absolute atomic E-state index is 11.9. The summed E-state index contributed by atoms with van der Waals surface area (Å²) in [7, 11) is -1.79. The van der Waals surface area contributed by atoms with Gasteiger partial charge in [-0.1, -0.05) is 16.6 Å². The molecule has 1 saturated heterocycles. The van der Waals surface area contributed by atoms with Crippen LogP contribution < -0.4 is 4.74 Å². The third-order valence-corrected chi connectivity index (χ3v) is 6.96. The molecule has 9 heteroatoms. The summed E-state index contributed by atoms with van der Waals surface area (Å²) in [6.07, 6.45) is 3.02. The predicted molar refractivity (Wildman–Crippen MR) is 94.9 cm³/mol. The van der Waals surface area contributed by atoms with E-state index < -0.39 is 9.84 Å². The molecule has 0 unspecified atom stereocenters. The quantitative estimate of drug-likeness (QED) is 0.844. The number of hydrogen-bond acceptors (Lipinski definition) is 8. The lowest BCUT2D eigenvalue weighted by Gasteiger charge is -2.32. The van der Waals surface area contributed by atoms with E-state index in [0.717, 1.165) is 36.5 Å². The minimum Gasteiger partial charge on any atom is -0.504 e.